The van der Waals surface area contributed by atoms with Crippen LogP contribution in [0.1, 0.15) is 12.8 Å². The Hall–Kier alpha value is -0.240. The Balaban J connectivity index is 0. The van der Waals surface area contributed by atoms with E-state index in [1.54, 1.807) is 0 Å². The van der Waals surface area contributed by atoms with Crippen LogP contribution in [0.2, 0.25) is 0 Å². The third-order valence-electron chi connectivity index (χ3n) is 2.84. The van der Waals surface area contributed by atoms with Crippen molar-refractivity contribution in [3.05, 3.63) is 0 Å². The number of likely N-dealkylation sites (N-methyl/N-ethyl adjacent to an activating group) is 1. The van der Waals surface area contributed by atoms with Crippen LogP contribution in [0.15, 0.2) is 0 Å². The lowest BCUT2D eigenvalue weighted by Gasteiger charge is -2.11. The molecule has 2 N–H and O–H groups in total. The number of aliphatic hydroxyl groups excluding tert-OH is 1. The van der Waals surface area contributed by atoms with Crippen molar-refractivity contribution in [2.75, 3.05) is 94.8 Å². The van der Waals surface area contributed by atoms with Crippen LogP contribution in [0, 0.1) is 0 Å². The highest BCUT2D eigenvalue weighted by molar-refractivity contribution is 4.52. The van der Waals surface area contributed by atoms with Gasteiger partial charge in [-0.05, 0) is 81.3 Å². The molecule has 136 valence electrons. The average Bonchev–Trinajstić information content (AvgIpc) is 2.42. The number of rotatable bonds is 13. The fourth-order valence-corrected chi connectivity index (χ4v) is 1.58. The van der Waals surface area contributed by atoms with Gasteiger partial charge in [-0.2, -0.15) is 0 Å². The zero-order valence-electron chi connectivity index (χ0n) is 15.8. The molecule has 0 rings (SSSR count). The summed E-state index contributed by atoms with van der Waals surface area (Å²) in [6.45, 7) is 6.84. The van der Waals surface area contributed by atoms with Gasteiger partial charge in [0.1, 0.15) is 0 Å². The van der Waals surface area contributed by atoms with Crippen molar-refractivity contribution in [2.24, 2.45) is 0 Å². The number of aliphatic hydroxyl groups is 1. The second-order valence-electron chi connectivity index (χ2n) is 6.20. The van der Waals surface area contributed by atoms with Gasteiger partial charge in [0.15, 0.2) is 0 Å². The van der Waals surface area contributed by atoms with Crippen LogP contribution in [-0.2, 0) is 4.74 Å². The molecule has 0 aliphatic heterocycles. The van der Waals surface area contributed by atoms with E-state index < -0.39 is 0 Å². The van der Waals surface area contributed by atoms with E-state index in [0.717, 1.165) is 19.6 Å². The van der Waals surface area contributed by atoms with Crippen molar-refractivity contribution in [1.82, 2.24) is 20.0 Å². The summed E-state index contributed by atoms with van der Waals surface area (Å²) in [6, 6.07) is 0. The van der Waals surface area contributed by atoms with Gasteiger partial charge in [0, 0.05) is 6.54 Å². The van der Waals surface area contributed by atoms with E-state index in [9.17, 15) is 0 Å². The average molecular weight is 321 g/mol. The van der Waals surface area contributed by atoms with Gasteiger partial charge in [0.25, 0.3) is 0 Å². The first-order valence-electron chi connectivity index (χ1n) is 8.23. The molecule has 0 aromatic heterocycles. The maximum Gasteiger partial charge on any atom is 0.0698 e. The molecule has 0 aliphatic carbocycles. The van der Waals surface area contributed by atoms with Crippen molar-refractivity contribution < 1.29 is 9.84 Å². The van der Waals surface area contributed by atoms with Crippen LogP contribution < -0.4 is 5.32 Å². The second kappa shape index (κ2) is 18.8. The topological polar surface area (TPSA) is 51.2 Å². The zero-order valence-corrected chi connectivity index (χ0v) is 15.8. The lowest BCUT2D eigenvalue weighted by atomic mass is 10.3. The van der Waals surface area contributed by atoms with Gasteiger partial charge >= 0.3 is 0 Å². The molecule has 0 unspecified atom stereocenters. The van der Waals surface area contributed by atoms with Crippen molar-refractivity contribution in [3.8, 4) is 0 Å². The van der Waals surface area contributed by atoms with E-state index in [4.69, 9.17) is 9.84 Å². The molecule has 0 atom stereocenters. The summed E-state index contributed by atoms with van der Waals surface area (Å²) in [6.07, 6.45) is 2.49. The largest absolute Gasteiger partial charge is 0.394 e. The van der Waals surface area contributed by atoms with Crippen LogP contribution >= 0.6 is 0 Å². The monoisotopic (exact) mass is 320 g/mol. The van der Waals surface area contributed by atoms with Gasteiger partial charge in [-0.1, -0.05) is 0 Å². The molecule has 0 aromatic rings. The van der Waals surface area contributed by atoms with E-state index >= 15 is 0 Å². The highest BCUT2D eigenvalue weighted by Gasteiger charge is 1.92. The van der Waals surface area contributed by atoms with Gasteiger partial charge < -0.3 is 29.9 Å². The Kier molecular flexibility index (Phi) is 20.5. The van der Waals surface area contributed by atoms with Gasteiger partial charge in [-0.25, -0.2) is 0 Å². The maximum atomic E-state index is 8.29. The molecule has 0 fully saturated rings. The minimum absolute atomic E-state index is 0.118. The summed E-state index contributed by atoms with van der Waals surface area (Å²) in [5.74, 6) is 0. The SMILES string of the molecule is CN(C)CCCNCCCN(C)C.CN(C)CCOCCO. The van der Waals surface area contributed by atoms with Crippen LogP contribution in [0.4, 0.5) is 0 Å². The van der Waals surface area contributed by atoms with Crippen LogP contribution in [0.5, 0.6) is 0 Å². The molecule has 0 radical (unpaired) electrons. The fraction of sp³-hybridized carbons (Fsp3) is 1.00. The third-order valence-corrected chi connectivity index (χ3v) is 2.84. The molecule has 0 amide bonds. The highest BCUT2D eigenvalue weighted by Crippen LogP contribution is 1.83. The lowest BCUT2D eigenvalue weighted by molar-refractivity contribution is 0.0821. The first-order valence-corrected chi connectivity index (χ1v) is 8.23. The minimum Gasteiger partial charge on any atom is -0.394 e. The van der Waals surface area contributed by atoms with Gasteiger partial charge in [-0.3, -0.25) is 0 Å². The molecule has 0 saturated carbocycles. The molecule has 6 nitrogen and oxygen atoms in total. The molecular formula is C16H40N4O2. The number of nitrogens with zero attached hydrogens (tertiary/aromatic N) is 3. The second-order valence-corrected chi connectivity index (χ2v) is 6.20. The normalized spacial score (nSPS) is 11.2. The predicted molar refractivity (Wildman–Crippen MR) is 95.7 cm³/mol. The molecule has 0 aliphatic rings. The smallest absolute Gasteiger partial charge is 0.0698 e. The summed E-state index contributed by atoms with van der Waals surface area (Å²) in [5, 5.41) is 11.7. The molecule has 0 heterocycles. The zero-order chi connectivity index (χ0) is 17.2. The van der Waals surface area contributed by atoms with E-state index in [1.165, 1.54) is 25.9 Å². The molecule has 22 heavy (non-hydrogen) atoms. The van der Waals surface area contributed by atoms with E-state index in [-0.39, 0.29) is 6.61 Å². The molecule has 6 heteroatoms. The molecule has 0 spiro atoms. The van der Waals surface area contributed by atoms with Crippen molar-refractivity contribution in [2.45, 2.75) is 12.8 Å². The third kappa shape index (κ3) is 28.0. The minimum atomic E-state index is 0.118. The van der Waals surface area contributed by atoms with Crippen LogP contribution in [-0.4, -0.2) is 115 Å². The maximum absolute atomic E-state index is 8.29. The van der Waals surface area contributed by atoms with E-state index in [1.807, 2.05) is 19.0 Å². The van der Waals surface area contributed by atoms with Crippen LogP contribution in [0.25, 0.3) is 0 Å². The fourth-order valence-electron chi connectivity index (χ4n) is 1.58. The Morgan fingerprint density at radius 1 is 0.727 bits per heavy atom. The number of hydrogen-bond donors (Lipinski definition) is 2. The van der Waals surface area contributed by atoms with Crippen molar-refractivity contribution in [3.63, 3.8) is 0 Å². The Morgan fingerprint density at radius 2 is 1.18 bits per heavy atom. The summed E-state index contributed by atoms with van der Waals surface area (Å²) in [7, 11) is 12.4. The first-order chi connectivity index (χ1) is 10.4. The Bertz CT molecular complexity index is 191. The standard InChI is InChI=1S/C10H25N3.C6H15NO2/c1-12(2)9-5-7-11-8-6-10-13(3)4;1-7(2)3-5-9-6-4-8/h11H,5-10H2,1-4H3;8H,3-6H2,1-2H3. The first kappa shape index (κ1) is 24.0. The lowest BCUT2D eigenvalue weighted by Crippen LogP contribution is -2.24. The Labute approximate surface area is 138 Å². The summed E-state index contributed by atoms with van der Waals surface area (Å²) >= 11 is 0. The van der Waals surface area contributed by atoms with Gasteiger partial charge in [0.05, 0.1) is 19.8 Å². The van der Waals surface area contributed by atoms with E-state index in [2.05, 4.69) is 43.3 Å². The molecule has 0 saturated heterocycles. The summed E-state index contributed by atoms with van der Waals surface area (Å²) in [4.78, 5) is 6.49. The van der Waals surface area contributed by atoms with Crippen molar-refractivity contribution in [1.29, 1.82) is 0 Å². The highest BCUT2D eigenvalue weighted by atomic mass is 16.5. The number of hydrogen-bond acceptors (Lipinski definition) is 6. The molecule has 0 bridgehead atoms. The Morgan fingerprint density at radius 3 is 1.55 bits per heavy atom. The summed E-state index contributed by atoms with van der Waals surface area (Å²) in [5.41, 5.74) is 0. The summed E-state index contributed by atoms with van der Waals surface area (Å²) < 4.78 is 5.00. The quantitative estimate of drug-likeness (QED) is 0.467. The van der Waals surface area contributed by atoms with Gasteiger partial charge in [0.2, 0.25) is 0 Å². The number of nitrogens with one attached hydrogen (secondary N) is 1. The van der Waals surface area contributed by atoms with E-state index in [0.29, 0.717) is 13.2 Å². The van der Waals surface area contributed by atoms with Crippen LogP contribution in [0.3, 0.4) is 0 Å². The predicted octanol–water partition coefficient (Wildman–Crippen LogP) is 0.0363. The molecule has 0 aromatic carbocycles. The van der Waals surface area contributed by atoms with Gasteiger partial charge in [-0.15, -0.1) is 0 Å². The number of ether oxygens (including phenoxy) is 1. The van der Waals surface area contributed by atoms with Crippen molar-refractivity contribution >= 4 is 0 Å². The molecular weight excluding hydrogens is 280 g/mol.